The number of carbonyl (C=O) groups excluding carboxylic acids is 1. The molecule has 2 aliphatic rings. The van der Waals surface area contributed by atoms with Crippen LogP contribution in [0.25, 0.3) is 0 Å². The lowest BCUT2D eigenvalue weighted by atomic mass is 9.95. The van der Waals surface area contributed by atoms with Crippen LogP contribution in [-0.4, -0.2) is 62.4 Å². The molecule has 0 aromatic heterocycles. The Hall–Kier alpha value is -0.650. The molecule has 1 aliphatic heterocycles. The Morgan fingerprint density at radius 3 is 2.57 bits per heavy atom. The van der Waals surface area contributed by atoms with Crippen molar-refractivity contribution < 1.29 is 14.3 Å². The van der Waals surface area contributed by atoms with Gasteiger partial charge in [-0.2, -0.15) is 0 Å². The summed E-state index contributed by atoms with van der Waals surface area (Å²) in [5.74, 6) is -0.136. The van der Waals surface area contributed by atoms with Gasteiger partial charge in [-0.3, -0.25) is 10.1 Å². The van der Waals surface area contributed by atoms with Gasteiger partial charge in [-0.05, 0) is 59.0 Å². The highest BCUT2D eigenvalue weighted by Crippen LogP contribution is 2.26. The normalized spacial score (nSPS) is 23.0. The molecular weight excluding hydrogens is 268 g/mol. The van der Waals surface area contributed by atoms with Crippen molar-refractivity contribution in [3.05, 3.63) is 0 Å². The first-order chi connectivity index (χ1) is 10.0. The van der Waals surface area contributed by atoms with E-state index < -0.39 is 5.54 Å². The van der Waals surface area contributed by atoms with Gasteiger partial charge >= 0.3 is 5.97 Å². The lowest BCUT2D eigenvalue weighted by Gasteiger charge is -2.33. The van der Waals surface area contributed by atoms with E-state index in [1.54, 1.807) is 0 Å². The van der Waals surface area contributed by atoms with Crippen molar-refractivity contribution in [1.82, 2.24) is 10.2 Å². The summed E-state index contributed by atoms with van der Waals surface area (Å²) in [5.41, 5.74) is -0.535. The average Bonchev–Trinajstić information content (AvgIpc) is 3.30. The molecule has 5 heteroatoms. The van der Waals surface area contributed by atoms with Crippen molar-refractivity contribution in [2.24, 2.45) is 0 Å². The van der Waals surface area contributed by atoms with Gasteiger partial charge in [0.05, 0.1) is 7.11 Å². The summed E-state index contributed by atoms with van der Waals surface area (Å²) < 4.78 is 10.4. The van der Waals surface area contributed by atoms with Crippen LogP contribution in [0.15, 0.2) is 0 Å². The molecule has 1 heterocycles. The molecular formula is C16H30N2O3. The first-order valence-corrected chi connectivity index (χ1v) is 8.19. The Labute approximate surface area is 128 Å². The van der Waals surface area contributed by atoms with E-state index in [2.05, 4.69) is 17.3 Å². The van der Waals surface area contributed by atoms with Crippen LogP contribution < -0.4 is 5.32 Å². The lowest BCUT2D eigenvalue weighted by Crippen LogP contribution is -2.51. The number of esters is 1. The molecule has 2 rings (SSSR count). The second kappa shape index (κ2) is 7.56. The summed E-state index contributed by atoms with van der Waals surface area (Å²) in [7, 11) is 3.66. The van der Waals surface area contributed by atoms with Crippen molar-refractivity contribution in [2.45, 2.75) is 63.1 Å². The molecule has 122 valence electrons. The molecule has 1 unspecified atom stereocenters. The minimum absolute atomic E-state index is 0.136. The number of hydrogen-bond donors (Lipinski definition) is 1. The van der Waals surface area contributed by atoms with E-state index in [0.29, 0.717) is 12.1 Å². The summed E-state index contributed by atoms with van der Waals surface area (Å²) in [6.07, 6.45) is 6.40. The standard InChI is InChI=1S/C16H30N2O3/c1-16(15(19)20-3,17-13-5-6-13)9-4-10-18(2)14-7-11-21-12-8-14/h13-14,17H,4-12H2,1-3H3. The van der Waals surface area contributed by atoms with Gasteiger partial charge in [-0.25, -0.2) is 0 Å². The third kappa shape index (κ3) is 4.94. The van der Waals surface area contributed by atoms with Gasteiger partial charge < -0.3 is 14.4 Å². The highest BCUT2D eigenvalue weighted by atomic mass is 16.5. The van der Waals surface area contributed by atoms with E-state index in [4.69, 9.17) is 9.47 Å². The number of methoxy groups -OCH3 is 1. The fourth-order valence-electron chi connectivity index (χ4n) is 3.13. The molecule has 1 aliphatic carbocycles. The van der Waals surface area contributed by atoms with Gasteiger partial charge in [0.25, 0.3) is 0 Å². The largest absolute Gasteiger partial charge is 0.468 e. The fraction of sp³-hybridized carbons (Fsp3) is 0.938. The zero-order valence-corrected chi connectivity index (χ0v) is 13.7. The molecule has 0 amide bonds. The molecule has 21 heavy (non-hydrogen) atoms. The monoisotopic (exact) mass is 298 g/mol. The summed E-state index contributed by atoms with van der Waals surface area (Å²) in [6, 6.07) is 1.13. The van der Waals surface area contributed by atoms with E-state index in [-0.39, 0.29) is 5.97 Å². The predicted molar refractivity (Wildman–Crippen MR) is 82.3 cm³/mol. The first-order valence-electron chi connectivity index (χ1n) is 8.19. The van der Waals surface area contributed by atoms with Crippen molar-refractivity contribution in [1.29, 1.82) is 0 Å². The van der Waals surface area contributed by atoms with Crippen LogP contribution in [0.1, 0.15) is 45.4 Å². The topological polar surface area (TPSA) is 50.8 Å². The van der Waals surface area contributed by atoms with Crippen LogP contribution in [0.3, 0.4) is 0 Å². The van der Waals surface area contributed by atoms with Gasteiger partial charge in [0.15, 0.2) is 0 Å². The predicted octanol–water partition coefficient (Wildman–Crippen LogP) is 1.56. The number of ether oxygens (including phenoxy) is 2. The van der Waals surface area contributed by atoms with E-state index in [9.17, 15) is 4.79 Å². The Balaban J connectivity index is 1.76. The number of rotatable bonds is 8. The Bertz CT molecular complexity index is 340. The number of nitrogens with zero attached hydrogens (tertiary/aromatic N) is 1. The third-order valence-electron chi connectivity index (χ3n) is 4.74. The van der Waals surface area contributed by atoms with Crippen molar-refractivity contribution >= 4 is 5.97 Å². The van der Waals surface area contributed by atoms with Gasteiger partial charge in [0.2, 0.25) is 0 Å². The van der Waals surface area contributed by atoms with Crippen LogP contribution in [0, 0.1) is 0 Å². The van der Waals surface area contributed by atoms with Crippen LogP contribution in [-0.2, 0) is 14.3 Å². The van der Waals surface area contributed by atoms with Gasteiger partial charge in [0, 0.05) is 25.3 Å². The molecule has 0 radical (unpaired) electrons. The summed E-state index contributed by atoms with van der Waals surface area (Å²) in [4.78, 5) is 14.5. The quantitative estimate of drug-likeness (QED) is 0.689. The van der Waals surface area contributed by atoms with Gasteiger partial charge in [-0.1, -0.05) is 0 Å². The Morgan fingerprint density at radius 2 is 2.00 bits per heavy atom. The highest BCUT2D eigenvalue weighted by Gasteiger charge is 2.39. The molecule has 1 saturated heterocycles. The molecule has 0 aromatic carbocycles. The lowest BCUT2D eigenvalue weighted by molar-refractivity contribution is -0.148. The fourth-order valence-corrected chi connectivity index (χ4v) is 3.13. The maximum Gasteiger partial charge on any atom is 0.325 e. The summed E-state index contributed by atoms with van der Waals surface area (Å²) >= 11 is 0. The van der Waals surface area contributed by atoms with Crippen molar-refractivity contribution in [2.75, 3.05) is 33.9 Å². The molecule has 5 nitrogen and oxygen atoms in total. The molecule has 1 saturated carbocycles. The van der Waals surface area contributed by atoms with Crippen LogP contribution in [0.4, 0.5) is 0 Å². The smallest absolute Gasteiger partial charge is 0.325 e. The second-order valence-corrected chi connectivity index (χ2v) is 6.67. The minimum Gasteiger partial charge on any atom is -0.468 e. The second-order valence-electron chi connectivity index (χ2n) is 6.67. The Morgan fingerprint density at radius 1 is 1.33 bits per heavy atom. The highest BCUT2D eigenvalue weighted by molar-refractivity contribution is 5.80. The van der Waals surface area contributed by atoms with E-state index in [1.165, 1.54) is 20.0 Å². The molecule has 2 fully saturated rings. The van der Waals surface area contributed by atoms with Crippen LogP contribution in [0.5, 0.6) is 0 Å². The molecule has 0 bridgehead atoms. The zero-order chi connectivity index (χ0) is 15.3. The van der Waals surface area contributed by atoms with E-state index in [0.717, 1.165) is 45.4 Å². The van der Waals surface area contributed by atoms with Crippen LogP contribution in [0.2, 0.25) is 0 Å². The molecule has 0 aromatic rings. The maximum atomic E-state index is 12.1. The summed E-state index contributed by atoms with van der Waals surface area (Å²) in [6.45, 7) is 4.74. The van der Waals surface area contributed by atoms with E-state index >= 15 is 0 Å². The van der Waals surface area contributed by atoms with E-state index in [1.807, 2.05) is 6.92 Å². The zero-order valence-electron chi connectivity index (χ0n) is 13.7. The van der Waals surface area contributed by atoms with Crippen molar-refractivity contribution in [3.8, 4) is 0 Å². The minimum atomic E-state index is -0.535. The summed E-state index contributed by atoms with van der Waals surface area (Å²) in [5, 5.41) is 3.46. The number of hydrogen-bond acceptors (Lipinski definition) is 5. The SMILES string of the molecule is COC(=O)C(C)(CCCN(C)C1CCOCC1)NC1CC1. The molecule has 0 spiro atoms. The van der Waals surface area contributed by atoms with Gasteiger partial charge in [0.1, 0.15) is 5.54 Å². The van der Waals surface area contributed by atoms with Gasteiger partial charge in [-0.15, -0.1) is 0 Å². The maximum absolute atomic E-state index is 12.1. The first kappa shape index (κ1) is 16.7. The van der Waals surface area contributed by atoms with Crippen LogP contribution >= 0.6 is 0 Å². The Kier molecular flexibility index (Phi) is 6.02. The number of nitrogens with one attached hydrogen (secondary N) is 1. The average molecular weight is 298 g/mol. The third-order valence-corrected chi connectivity index (χ3v) is 4.74. The number of carbonyl (C=O) groups is 1. The molecule has 1 N–H and O–H groups in total. The molecule has 1 atom stereocenters. The van der Waals surface area contributed by atoms with Crippen molar-refractivity contribution in [3.63, 3.8) is 0 Å².